The van der Waals surface area contributed by atoms with Crippen molar-refractivity contribution in [2.24, 2.45) is 7.05 Å². The highest BCUT2D eigenvalue weighted by Gasteiger charge is 2.06. The van der Waals surface area contributed by atoms with E-state index in [9.17, 15) is 4.79 Å². The van der Waals surface area contributed by atoms with Crippen LogP contribution >= 0.6 is 11.8 Å². The fourth-order valence-corrected chi connectivity index (χ4v) is 3.00. The van der Waals surface area contributed by atoms with Gasteiger partial charge in [0.2, 0.25) is 11.1 Å². The molecular weight excluding hydrogens is 350 g/mol. The Morgan fingerprint density at radius 3 is 2.73 bits per heavy atom. The van der Waals surface area contributed by atoms with Crippen LogP contribution in [0, 0.1) is 0 Å². The maximum atomic E-state index is 12.0. The van der Waals surface area contributed by atoms with Gasteiger partial charge in [-0.2, -0.15) is 0 Å². The molecule has 26 heavy (non-hydrogen) atoms. The number of hydrogen-bond donors (Lipinski definition) is 1. The minimum atomic E-state index is -0.0120. The number of carbonyl (C=O) groups is 1. The number of nitrogens with one attached hydrogen (secondary N) is 1. The number of hydrogen-bond acceptors (Lipinski definition) is 6. The van der Waals surface area contributed by atoms with Crippen LogP contribution < -0.4 is 10.1 Å². The van der Waals surface area contributed by atoms with Gasteiger partial charge < -0.3 is 10.1 Å². The molecule has 3 rings (SSSR count). The van der Waals surface area contributed by atoms with Crippen molar-refractivity contribution in [2.45, 2.75) is 18.1 Å². The van der Waals surface area contributed by atoms with Crippen LogP contribution in [0.5, 0.6) is 11.5 Å². The molecule has 0 spiro atoms. The Bertz CT molecular complexity index is 854. The second kappa shape index (κ2) is 9.00. The summed E-state index contributed by atoms with van der Waals surface area (Å²) in [5.41, 5.74) is 0.983. The Kier molecular flexibility index (Phi) is 6.21. The predicted octanol–water partition coefficient (Wildman–Crippen LogP) is 2.80. The first-order valence-electron chi connectivity index (χ1n) is 8.14. The number of carbonyl (C=O) groups excluding carboxylic acids is 1. The third-order valence-corrected chi connectivity index (χ3v) is 4.52. The average Bonchev–Trinajstić information content (AvgIpc) is 3.06. The summed E-state index contributed by atoms with van der Waals surface area (Å²) in [5.74, 6) is 2.14. The molecule has 0 aliphatic heterocycles. The minimum Gasteiger partial charge on any atom is -0.457 e. The molecule has 2 aromatic carbocycles. The average molecular weight is 369 g/mol. The highest BCUT2D eigenvalue weighted by molar-refractivity contribution is 7.99. The van der Waals surface area contributed by atoms with Crippen LogP contribution in [0.3, 0.4) is 0 Å². The van der Waals surface area contributed by atoms with Crippen LogP contribution in [0.1, 0.15) is 12.0 Å². The fourth-order valence-electron chi connectivity index (χ4n) is 2.21. The van der Waals surface area contributed by atoms with Gasteiger partial charge in [0.25, 0.3) is 0 Å². The van der Waals surface area contributed by atoms with Gasteiger partial charge in [0.15, 0.2) is 0 Å². The molecular formula is C18H19N5O2S. The molecule has 0 aliphatic rings. The summed E-state index contributed by atoms with van der Waals surface area (Å²) in [7, 11) is 1.77. The van der Waals surface area contributed by atoms with Crippen LogP contribution in [-0.4, -0.2) is 31.9 Å². The highest BCUT2D eigenvalue weighted by atomic mass is 32.2. The Morgan fingerprint density at radius 2 is 1.96 bits per heavy atom. The van der Waals surface area contributed by atoms with Gasteiger partial charge in [0.1, 0.15) is 11.5 Å². The van der Waals surface area contributed by atoms with Crippen molar-refractivity contribution in [3.05, 3.63) is 60.2 Å². The summed E-state index contributed by atoms with van der Waals surface area (Å²) >= 11 is 1.45. The molecule has 0 fully saturated rings. The lowest BCUT2D eigenvalue weighted by atomic mass is 10.2. The predicted molar refractivity (Wildman–Crippen MR) is 98.9 cm³/mol. The quantitative estimate of drug-likeness (QED) is 0.615. The van der Waals surface area contributed by atoms with Gasteiger partial charge in [-0.15, -0.1) is 5.10 Å². The maximum Gasteiger partial charge on any atom is 0.221 e. The van der Waals surface area contributed by atoms with Crippen LogP contribution in [-0.2, 0) is 18.4 Å². The van der Waals surface area contributed by atoms with Gasteiger partial charge in [0.05, 0.1) is 0 Å². The number of para-hydroxylation sites is 1. The Hall–Kier alpha value is -2.87. The molecule has 0 atom stereocenters. The molecule has 0 bridgehead atoms. The SMILES string of the molecule is Cn1nnnc1SCCC(=O)NCc1cccc(Oc2ccccc2)c1. The number of ether oxygens (including phenoxy) is 1. The fraction of sp³-hybridized carbons (Fsp3) is 0.222. The number of amides is 1. The lowest BCUT2D eigenvalue weighted by molar-refractivity contribution is -0.120. The largest absolute Gasteiger partial charge is 0.457 e. The monoisotopic (exact) mass is 369 g/mol. The number of aryl methyl sites for hydroxylation is 1. The molecule has 7 nitrogen and oxygen atoms in total. The molecule has 1 aromatic heterocycles. The Labute approximate surface area is 155 Å². The van der Waals surface area contributed by atoms with Gasteiger partial charge in [0, 0.05) is 25.8 Å². The third-order valence-electron chi connectivity index (χ3n) is 3.51. The first kappa shape index (κ1) is 17.9. The molecule has 1 heterocycles. The van der Waals surface area contributed by atoms with E-state index in [-0.39, 0.29) is 5.91 Å². The molecule has 0 radical (unpaired) electrons. The smallest absolute Gasteiger partial charge is 0.221 e. The number of tetrazole rings is 1. The number of rotatable bonds is 8. The van der Waals surface area contributed by atoms with Crippen molar-refractivity contribution >= 4 is 17.7 Å². The van der Waals surface area contributed by atoms with E-state index in [0.717, 1.165) is 17.1 Å². The summed E-state index contributed by atoms with van der Waals surface area (Å²) in [5, 5.41) is 14.8. The number of thioether (sulfide) groups is 1. The maximum absolute atomic E-state index is 12.0. The highest BCUT2D eigenvalue weighted by Crippen LogP contribution is 2.21. The minimum absolute atomic E-state index is 0.0120. The van der Waals surface area contributed by atoms with Crippen LogP contribution in [0.25, 0.3) is 0 Å². The summed E-state index contributed by atoms with van der Waals surface area (Å²) in [4.78, 5) is 12.0. The Morgan fingerprint density at radius 1 is 1.15 bits per heavy atom. The standard InChI is InChI=1S/C18H19N5O2S/c1-23-18(20-21-22-23)26-11-10-17(24)19-13-14-6-5-9-16(12-14)25-15-7-3-2-4-8-15/h2-9,12H,10-11,13H2,1H3,(H,19,24). The molecule has 1 N–H and O–H groups in total. The molecule has 0 saturated carbocycles. The van der Waals surface area contributed by atoms with E-state index in [0.29, 0.717) is 23.9 Å². The van der Waals surface area contributed by atoms with E-state index in [1.165, 1.54) is 11.8 Å². The van der Waals surface area contributed by atoms with E-state index in [1.807, 2.05) is 54.6 Å². The van der Waals surface area contributed by atoms with E-state index < -0.39 is 0 Å². The summed E-state index contributed by atoms with van der Waals surface area (Å²) in [6.45, 7) is 0.459. The first-order chi connectivity index (χ1) is 12.7. The zero-order chi connectivity index (χ0) is 18.2. The van der Waals surface area contributed by atoms with Crippen LogP contribution in [0.15, 0.2) is 59.8 Å². The normalized spacial score (nSPS) is 10.5. The number of aromatic nitrogens is 4. The topological polar surface area (TPSA) is 81.9 Å². The van der Waals surface area contributed by atoms with E-state index in [4.69, 9.17) is 4.74 Å². The lowest BCUT2D eigenvalue weighted by Gasteiger charge is -2.09. The van der Waals surface area contributed by atoms with Gasteiger partial charge in [-0.05, 0) is 40.3 Å². The zero-order valence-electron chi connectivity index (χ0n) is 14.3. The molecule has 1 amide bonds. The van der Waals surface area contributed by atoms with Gasteiger partial charge in [-0.3, -0.25) is 4.79 Å². The molecule has 0 saturated heterocycles. The van der Waals surface area contributed by atoms with Gasteiger partial charge in [-0.1, -0.05) is 42.1 Å². The van der Waals surface area contributed by atoms with Crippen LogP contribution in [0.4, 0.5) is 0 Å². The van der Waals surface area contributed by atoms with E-state index in [2.05, 4.69) is 20.8 Å². The third kappa shape index (κ3) is 5.32. The summed E-state index contributed by atoms with van der Waals surface area (Å²) in [6, 6.07) is 17.3. The lowest BCUT2D eigenvalue weighted by Crippen LogP contribution is -2.23. The van der Waals surface area contributed by atoms with Crippen molar-refractivity contribution in [3.63, 3.8) is 0 Å². The van der Waals surface area contributed by atoms with Crippen LogP contribution in [0.2, 0.25) is 0 Å². The molecule has 8 heteroatoms. The molecule has 134 valence electrons. The van der Waals surface area contributed by atoms with Crippen molar-refractivity contribution in [3.8, 4) is 11.5 Å². The number of benzene rings is 2. The molecule has 0 unspecified atom stereocenters. The molecule has 0 aliphatic carbocycles. The summed E-state index contributed by atoms with van der Waals surface area (Å²) < 4.78 is 7.39. The van der Waals surface area contributed by atoms with E-state index in [1.54, 1.807) is 11.7 Å². The van der Waals surface area contributed by atoms with Gasteiger partial charge >= 0.3 is 0 Å². The van der Waals surface area contributed by atoms with Gasteiger partial charge in [-0.25, -0.2) is 4.68 Å². The Balaban J connectivity index is 1.44. The van der Waals surface area contributed by atoms with E-state index >= 15 is 0 Å². The van der Waals surface area contributed by atoms with Crippen molar-refractivity contribution in [1.29, 1.82) is 0 Å². The second-order valence-corrected chi connectivity index (χ2v) is 6.58. The summed E-state index contributed by atoms with van der Waals surface area (Å²) in [6.07, 6.45) is 0.401. The van der Waals surface area contributed by atoms with Crippen molar-refractivity contribution in [2.75, 3.05) is 5.75 Å². The van der Waals surface area contributed by atoms with Crippen molar-refractivity contribution < 1.29 is 9.53 Å². The second-order valence-electron chi connectivity index (χ2n) is 5.52. The molecule has 3 aromatic rings. The zero-order valence-corrected chi connectivity index (χ0v) is 15.1. The number of nitrogens with zero attached hydrogens (tertiary/aromatic N) is 4. The first-order valence-corrected chi connectivity index (χ1v) is 9.13. The van der Waals surface area contributed by atoms with Crippen molar-refractivity contribution in [1.82, 2.24) is 25.5 Å².